The van der Waals surface area contributed by atoms with Gasteiger partial charge in [0, 0.05) is 12.6 Å². The molecule has 0 aromatic carbocycles. The third-order valence-electron chi connectivity index (χ3n) is 1.96. The van der Waals surface area contributed by atoms with Crippen LogP contribution in [0, 0.1) is 0 Å². The van der Waals surface area contributed by atoms with Crippen LogP contribution in [0.15, 0.2) is 12.3 Å². The number of nitrogens with zero attached hydrogens (tertiary/aromatic N) is 1. The molecule has 0 spiro atoms. The van der Waals surface area contributed by atoms with Crippen molar-refractivity contribution in [2.24, 2.45) is 0 Å². The average molecular weight is 212 g/mol. The first kappa shape index (κ1) is 11.2. The molecule has 1 rings (SSSR count). The maximum atomic E-state index is 11.3. The number of anilines is 1. The van der Waals surface area contributed by atoms with Gasteiger partial charge in [-0.1, -0.05) is 26.2 Å². The van der Waals surface area contributed by atoms with E-state index in [1.807, 2.05) is 6.07 Å². The summed E-state index contributed by atoms with van der Waals surface area (Å²) in [5, 5.41) is 3.65. The molecule has 1 aromatic heterocycles. The first-order valence-corrected chi connectivity index (χ1v) is 5.81. The molecule has 0 bridgehead atoms. The molecule has 0 atom stereocenters. The van der Waals surface area contributed by atoms with Crippen LogP contribution in [-0.2, 0) is 4.79 Å². The maximum absolute atomic E-state index is 11.3. The highest BCUT2D eigenvalue weighted by atomic mass is 32.1. The summed E-state index contributed by atoms with van der Waals surface area (Å²) >= 11 is 1.31. The largest absolute Gasteiger partial charge is 0.316 e. The van der Waals surface area contributed by atoms with Crippen LogP contribution in [0.2, 0.25) is 0 Å². The van der Waals surface area contributed by atoms with Gasteiger partial charge in [-0.2, -0.15) is 4.37 Å². The van der Waals surface area contributed by atoms with E-state index < -0.39 is 0 Å². The lowest BCUT2D eigenvalue weighted by Crippen LogP contribution is -2.09. The summed E-state index contributed by atoms with van der Waals surface area (Å²) in [7, 11) is 0. The number of amides is 1. The van der Waals surface area contributed by atoms with Crippen molar-refractivity contribution in [3.63, 3.8) is 0 Å². The van der Waals surface area contributed by atoms with Crippen molar-refractivity contribution in [3.05, 3.63) is 12.3 Å². The molecule has 78 valence electrons. The Morgan fingerprint density at radius 1 is 1.50 bits per heavy atom. The van der Waals surface area contributed by atoms with Crippen LogP contribution < -0.4 is 5.32 Å². The van der Waals surface area contributed by atoms with Gasteiger partial charge in [0.05, 0.1) is 0 Å². The first-order valence-electron chi connectivity index (χ1n) is 5.03. The fourth-order valence-corrected chi connectivity index (χ4v) is 1.71. The van der Waals surface area contributed by atoms with Crippen LogP contribution in [0.5, 0.6) is 0 Å². The Kier molecular flexibility index (Phi) is 5.22. The second-order valence-electron chi connectivity index (χ2n) is 3.24. The molecule has 4 heteroatoms. The molecule has 1 amide bonds. The normalized spacial score (nSPS) is 10.1. The summed E-state index contributed by atoms with van der Waals surface area (Å²) in [6.45, 7) is 2.16. The summed E-state index contributed by atoms with van der Waals surface area (Å²) in [5.41, 5.74) is 0. The molecule has 1 aromatic rings. The zero-order chi connectivity index (χ0) is 10.2. The Hall–Kier alpha value is -0.900. The average Bonchev–Trinajstić information content (AvgIpc) is 2.65. The van der Waals surface area contributed by atoms with E-state index in [0.717, 1.165) is 17.8 Å². The highest BCUT2D eigenvalue weighted by Crippen LogP contribution is 2.12. The second kappa shape index (κ2) is 6.54. The molecule has 0 unspecified atom stereocenters. The Morgan fingerprint density at radius 2 is 2.36 bits per heavy atom. The molecule has 3 nitrogen and oxygen atoms in total. The van der Waals surface area contributed by atoms with Crippen LogP contribution in [0.25, 0.3) is 0 Å². The molecule has 0 radical (unpaired) electrons. The van der Waals surface area contributed by atoms with Crippen molar-refractivity contribution >= 4 is 22.4 Å². The van der Waals surface area contributed by atoms with Crippen molar-refractivity contribution in [3.8, 4) is 0 Å². The van der Waals surface area contributed by atoms with E-state index in [9.17, 15) is 4.79 Å². The highest BCUT2D eigenvalue weighted by Gasteiger charge is 2.02. The zero-order valence-corrected chi connectivity index (χ0v) is 9.27. The first-order chi connectivity index (χ1) is 6.83. The van der Waals surface area contributed by atoms with Gasteiger partial charge >= 0.3 is 0 Å². The van der Waals surface area contributed by atoms with Gasteiger partial charge in [0.15, 0.2) is 0 Å². The van der Waals surface area contributed by atoms with Gasteiger partial charge in [-0.25, -0.2) is 0 Å². The van der Waals surface area contributed by atoms with E-state index in [4.69, 9.17) is 0 Å². The Balaban J connectivity index is 2.11. The predicted molar refractivity (Wildman–Crippen MR) is 59.5 cm³/mol. The lowest BCUT2D eigenvalue weighted by atomic mass is 10.1. The number of unbranched alkanes of at least 4 members (excludes halogenated alkanes) is 3. The summed E-state index contributed by atoms with van der Waals surface area (Å²) in [4.78, 5) is 11.3. The second-order valence-corrected chi connectivity index (χ2v) is 4.07. The molecule has 0 fully saturated rings. The number of hydrogen-bond donors (Lipinski definition) is 1. The lowest BCUT2D eigenvalue weighted by molar-refractivity contribution is -0.116. The molecule has 0 saturated carbocycles. The summed E-state index contributed by atoms with van der Waals surface area (Å²) in [6, 6.07) is 1.81. The SMILES string of the molecule is CCCCCCC(=O)Nc1ccns1. The highest BCUT2D eigenvalue weighted by molar-refractivity contribution is 7.10. The van der Waals surface area contributed by atoms with Gasteiger partial charge in [-0.15, -0.1) is 0 Å². The molecular weight excluding hydrogens is 196 g/mol. The smallest absolute Gasteiger partial charge is 0.225 e. The number of rotatable bonds is 6. The molecule has 0 aliphatic carbocycles. The van der Waals surface area contributed by atoms with E-state index in [1.54, 1.807) is 6.20 Å². The van der Waals surface area contributed by atoms with E-state index in [2.05, 4.69) is 16.6 Å². The summed E-state index contributed by atoms with van der Waals surface area (Å²) < 4.78 is 3.91. The van der Waals surface area contributed by atoms with Crippen molar-refractivity contribution in [1.29, 1.82) is 0 Å². The van der Waals surface area contributed by atoms with Gasteiger partial charge < -0.3 is 5.32 Å². The minimum absolute atomic E-state index is 0.102. The summed E-state index contributed by atoms with van der Waals surface area (Å²) in [6.07, 6.45) is 6.87. The van der Waals surface area contributed by atoms with Crippen molar-refractivity contribution in [2.45, 2.75) is 39.0 Å². The molecule has 0 aliphatic rings. The lowest BCUT2D eigenvalue weighted by Gasteiger charge is -2.00. The minimum Gasteiger partial charge on any atom is -0.316 e. The van der Waals surface area contributed by atoms with Crippen LogP contribution in [0.3, 0.4) is 0 Å². The maximum Gasteiger partial charge on any atom is 0.225 e. The monoisotopic (exact) mass is 212 g/mol. The third-order valence-corrected chi connectivity index (χ3v) is 2.62. The van der Waals surface area contributed by atoms with Gasteiger partial charge in [-0.3, -0.25) is 4.79 Å². The van der Waals surface area contributed by atoms with Gasteiger partial charge in [0.25, 0.3) is 0 Å². The van der Waals surface area contributed by atoms with E-state index in [1.165, 1.54) is 24.4 Å². The van der Waals surface area contributed by atoms with Crippen LogP contribution in [-0.4, -0.2) is 10.3 Å². The Morgan fingerprint density at radius 3 is 3.00 bits per heavy atom. The number of hydrogen-bond acceptors (Lipinski definition) is 3. The standard InChI is InChI=1S/C10H16N2OS/c1-2-3-4-5-6-9(13)12-10-7-8-11-14-10/h7-8H,2-6H2,1H3,(H,12,13). The number of carbonyl (C=O) groups is 1. The van der Waals surface area contributed by atoms with Crippen molar-refractivity contribution < 1.29 is 4.79 Å². The van der Waals surface area contributed by atoms with E-state index in [-0.39, 0.29) is 5.91 Å². The van der Waals surface area contributed by atoms with Gasteiger partial charge in [0.1, 0.15) is 5.00 Å². The molecular formula is C10H16N2OS. The van der Waals surface area contributed by atoms with Crippen LogP contribution >= 0.6 is 11.5 Å². The third kappa shape index (κ3) is 4.37. The van der Waals surface area contributed by atoms with Crippen molar-refractivity contribution in [1.82, 2.24) is 4.37 Å². The van der Waals surface area contributed by atoms with Gasteiger partial charge in [0.2, 0.25) is 5.91 Å². The quantitative estimate of drug-likeness (QED) is 0.736. The molecule has 1 heterocycles. The number of nitrogens with one attached hydrogen (secondary N) is 1. The Bertz CT molecular complexity index is 259. The van der Waals surface area contributed by atoms with Crippen LogP contribution in [0.1, 0.15) is 39.0 Å². The fourth-order valence-electron chi connectivity index (χ4n) is 1.19. The number of aromatic nitrogens is 1. The van der Waals surface area contributed by atoms with Gasteiger partial charge in [-0.05, 0) is 24.0 Å². The van der Waals surface area contributed by atoms with E-state index >= 15 is 0 Å². The summed E-state index contributed by atoms with van der Waals surface area (Å²) in [5.74, 6) is 0.102. The molecule has 14 heavy (non-hydrogen) atoms. The molecule has 0 aliphatic heterocycles. The number of carbonyl (C=O) groups excluding carboxylic acids is 1. The van der Waals surface area contributed by atoms with Crippen LogP contribution in [0.4, 0.5) is 5.00 Å². The van der Waals surface area contributed by atoms with E-state index in [0.29, 0.717) is 6.42 Å². The Labute approximate surface area is 88.7 Å². The molecule has 1 N–H and O–H groups in total. The fraction of sp³-hybridized carbons (Fsp3) is 0.600. The predicted octanol–water partition coefficient (Wildman–Crippen LogP) is 3.05. The van der Waals surface area contributed by atoms with Crippen molar-refractivity contribution in [2.75, 3.05) is 5.32 Å². The topological polar surface area (TPSA) is 42.0 Å². The zero-order valence-electron chi connectivity index (χ0n) is 8.45. The minimum atomic E-state index is 0.102. The molecule has 0 saturated heterocycles.